The Hall–Kier alpha value is -3.12. The molecule has 0 unspecified atom stereocenters. The van der Waals surface area contributed by atoms with Gasteiger partial charge in [-0.2, -0.15) is 15.1 Å². The molecule has 7 heteroatoms. The predicted octanol–water partition coefficient (Wildman–Crippen LogP) is 5.45. The molecular weight excluding hydrogens is 384 g/mol. The van der Waals surface area contributed by atoms with Crippen LogP contribution in [-0.4, -0.2) is 33.3 Å². The lowest BCUT2D eigenvalue weighted by Crippen LogP contribution is -2.21. The third kappa shape index (κ3) is 4.03. The van der Waals surface area contributed by atoms with Crippen LogP contribution in [0.1, 0.15) is 19.8 Å². The van der Waals surface area contributed by atoms with Crippen LogP contribution in [-0.2, 0) is 0 Å². The summed E-state index contributed by atoms with van der Waals surface area (Å²) in [6.07, 6.45) is 3.97. The lowest BCUT2D eigenvalue weighted by Gasteiger charge is -2.18. The van der Waals surface area contributed by atoms with E-state index < -0.39 is 0 Å². The van der Waals surface area contributed by atoms with Gasteiger partial charge in [-0.3, -0.25) is 0 Å². The number of nitrogens with one attached hydrogen (secondary N) is 1. The Morgan fingerprint density at radius 1 is 1.03 bits per heavy atom. The zero-order chi connectivity index (χ0) is 20.2. The minimum atomic E-state index is 0.635. The van der Waals surface area contributed by atoms with Crippen LogP contribution in [0.3, 0.4) is 0 Å². The molecule has 0 amide bonds. The summed E-state index contributed by atoms with van der Waals surface area (Å²) in [6, 6.07) is 17.6. The van der Waals surface area contributed by atoms with Crippen LogP contribution in [0.5, 0.6) is 0 Å². The van der Waals surface area contributed by atoms with Gasteiger partial charge in [0, 0.05) is 13.6 Å². The molecule has 148 valence electrons. The molecule has 1 N–H and O–H groups in total. The number of nitrogens with zero attached hydrogens (tertiary/aromatic N) is 5. The van der Waals surface area contributed by atoms with Crippen LogP contribution in [0, 0.1) is 0 Å². The first-order valence-corrected chi connectivity index (χ1v) is 10.1. The highest BCUT2D eigenvalue weighted by Crippen LogP contribution is 2.30. The molecule has 0 bridgehead atoms. The first kappa shape index (κ1) is 19.2. The summed E-state index contributed by atoms with van der Waals surface area (Å²) >= 11 is 6.36. The Kier molecular flexibility index (Phi) is 5.62. The second kappa shape index (κ2) is 8.49. The molecule has 0 radical (unpaired) electrons. The van der Waals surface area contributed by atoms with E-state index in [0.717, 1.165) is 41.8 Å². The average Bonchev–Trinajstić information content (AvgIpc) is 3.18. The molecule has 29 heavy (non-hydrogen) atoms. The van der Waals surface area contributed by atoms with Crippen molar-refractivity contribution < 1.29 is 0 Å². The van der Waals surface area contributed by atoms with E-state index in [2.05, 4.69) is 22.2 Å². The molecule has 2 heterocycles. The van der Waals surface area contributed by atoms with Gasteiger partial charge < -0.3 is 10.2 Å². The first-order chi connectivity index (χ1) is 14.2. The van der Waals surface area contributed by atoms with Crippen LogP contribution in [0.2, 0.25) is 5.02 Å². The van der Waals surface area contributed by atoms with Crippen molar-refractivity contribution in [2.24, 2.45) is 0 Å². The summed E-state index contributed by atoms with van der Waals surface area (Å²) in [6.45, 7) is 3.06. The number of para-hydroxylation sites is 2. The molecule has 0 aliphatic rings. The van der Waals surface area contributed by atoms with Gasteiger partial charge >= 0.3 is 0 Å². The normalized spacial score (nSPS) is 11.0. The predicted molar refractivity (Wildman–Crippen MR) is 120 cm³/mol. The molecule has 2 aromatic heterocycles. The number of hydrogen-bond acceptors (Lipinski definition) is 5. The Bertz CT molecular complexity index is 1110. The maximum absolute atomic E-state index is 6.36. The van der Waals surface area contributed by atoms with Crippen molar-refractivity contribution in [2.45, 2.75) is 19.8 Å². The van der Waals surface area contributed by atoms with Crippen LogP contribution in [0.4, 0.5) is 17.5 Å². The minimum Gasteiger partial charge on any atom is -0.344 e. The van der Waals surface area contributed by atoms with E-state index in [0.29, 0.717) is 16.8 Å². The Balaban J connectivity index is 1.84. The molecular formula is C22H23ClN6. The van der Waals surface area contributed by atoms with Crippen LogP contribution in [0.25, 0.3) is 16.7 Å². The van der Waals surface area contributed by atoms with Crippen LogP contribution >= 0.6 is 11.6 Å². The topological polar surface area (TPSA) is 58.9 Å². The lowest BCUT2D eigenvalue weighted by molar-refractivity contribution is 0.750. The van der Waals surface area contributed by atoms with Gasteiger partial charge in [0.2, 0.25) is 5.95 Å². The molecule has 0 atom stereocenters. The Morgan fingerprint density at radius 2 is 1.79 bits per heavy atom. The first-order valence-electron chi connectivity index (χ1n) is 9.71. The van der Waals surface area contributed by atoms with E-state index in [1.165, 1.54) is 0 Å². The number of rotatable bonds is 7. The summed E-state index contributed by atoms with van der Waals surface area (Å²) < 4.78 is 1.84. The van der Waals surface area contributed by atoms with Gasteiger partial charge in [-0.05, 0) is 30.7 Å². The average molecular weight is 407 g/mol. The molecule has 6 nitrogen and oxygen atoms in total. The number of fused-ring (bicyclic) bond motifs is 1. The zero-order valence-electron chi connectivity index (χ0n) is 16.5. The summed E-state index contributed by atoms with van der Waals surface area (Å²) in [5.41, 5.74) is 2.50. The van der Waals surface area contributed by atoms with E-state index >= 15 is 0 Å². The van der Waals surface area contributed by atoms with Crippen molar-refractivity contribution in [3.05, 3.63) is 65.8 Å². The summed E-state index contributed by atoms with van der Waals surface area (Å²) in [5.74, 6) is 1.34. The lowest BCUT2D eigenvalue weighted by atomic mass is 10.3. The highest BCUT2D eigenvalue weighted by Gasteiger charge is 2.17. The van der Waals surface area contributed by atoms with Crippen molar-refractivity contribution in [1.29, 1.82) is 0 Å². The molecule has 0 fully saturated rings. The van der Waals surface area contributed by atoms with Gasteiger partial charge in [0.25, 0.3) is 0 Å². The molecule has 4 rings (SSSR count). The fourth-order valence-electron chi connectivity index (χ4n) is 3.11. The second-order valence-corrected chi connectivity index (χ2v) is 7.29. The quantitative estimate of drug-likeness (QED) is 0.442. The van der Waals surface area contributed by atoms with E-state index in [1.807, 2.05) is 66.3 Å². The molecule has 0 aliphatic heterocycles. The van der Waals surface area contributed by atoms with Crippen molar-refractivity contribution in [3.63, 3.8) is 0 Å². The van der Waals surface area contributed by atoms with Gasteiger partial charge in [0.1, 0.15) is 5.82 Å². The van der Waals surface area contributed by atoms with Gasteiger partial charge in [0.05, 0.1) is 28.0 Å². The van der Waals surface area contributed by atoms with E-state index in [4.69, 9.17) is 21.6 Å². The van der Waals surface area contributed by atoms with Crippen LogP contribution < -0.4 is 10.2 Å². The fourth-order valence-corrected chi connectivity index (χ4v) is 3.29. The smallest absolute Gasteiger partial charge is 0.229 e. The summed E-state index contributed by atoms with van der Waals surface area (Å²) in [4.78, 5) is 11.7. The largest absolute Gasteiger partial charge is 0.344 e. The Labute approximate surface area is 175 Å². The van der Waals surface area contributed by atoms with E-state index in [9.17, 15) is 0 Å². The summed E-state index contributed by atoms with van der Waals surface area (Å²) in [5, 5.41) is 9.41. The van der Waals surface area contributed by atoms with Crippen molar-refractivity contribution in [2.75, 3.05) is 23.8 Å². The molecule has 4 aromatic rings. The van der Waals surface area contributed by atoms with Gasteiger partial charge in [0.15, 0.2) is 5.65 Å². The van der Waals surface area contributed by atoms with Gasteiger partial charge in [-0.15, -0.1) is 0 Å². The number of hydrogen-bond donors (Lipinski definition) is 1. The number of benzene rings is 2. The fraction of sp³-hybridized carbons (Fsp3) is 0.227. The summed E-state index contributed by atoms with van der Waals surface area (Å²) in [7, 11) is 2.01. The highest BCUT2D eigenvalue weighted by molar-refractivity contribution is 6.33. The second-order valence-electron chi connectivity index (χ2n) is 6.88. The standard InChI is InChI=1S/C22H23ClN6/c1-3-4-14-28(2)22-26-20(25-19-13-9-8-12-18(19)23)17-15-24-29(21(17)27-22)16-10-6-5-7-11-16/h5-13,15H,3-4,14H2,1-2H3,(H,25,26,27). The van der Waals surface area contributed by atoms with E-state index in [1.54, 1.807) is 6.20 Å². The van der Waals surface area contributed by atoms with Crippen molar-refractivity contribution >= 4 is 40.1 Å². The third-order valence-electron chi connectivity index (χ3n) is 4.73. The number of unbranched alkanes of at least 4 members (excludes halogenated alkanes) is 1. The van der Waals surface area contributed by atoms with Gasteiger partial charge in [-0.25, -0.2) is 4.68 Å². The number of halogens is 1. The maximum Gasteiger partial charge on any atom is 0.229 e. The van der Waals surface area contributed by atoms with Crippen molar-refractivity contribution in [3.8, 4) is 5.69 Å². The minimum absolute atomic E-state index is 0.635. The van der Waals surface area contributed by atoms with E-state index in [-0.39, 0.29) is 0 Å². The monoisotopic (exact) mass is 406 g/mol. The van der Waals surface area contributed by atoms with Crippen LogP contribution in [0.15, 0.2) is 60.8 Å². The molecule has 0 saturated heterocycles. The number of aromatic nitrogens is 4. The molecule has 0 aliphatic carbocycles. The SMILES string of the molecule is CCCCN(C)c1nc(Nc2ccccc2Cl)c2cnn(-c3ccccc3)c2n1. The molecule has 2 aromatic carbocycles. The third-order valence-corrected chi connectivity index (χ3v) is 5.06. The highest BCUT2D eigenvalue weighted by atomic mass is 35.5. The number of anilines is 3. The maximum atomic E-state index is 6.36. The molecule has 0 saturated carbocycles. The van der Waals surface area contributed by atoms with Gasteiger partial charge in [-0.1, -0.05) is 55.3 Å². The zero-order valence-corrected chi connectivity index (χ0v) is 17.3. The molecule has 0 spiro atoms. The van der Waals surface area contributed by atoms with Crippen molar-refractivity contribution in [1.82, 2.24) is 19.7 Å². The Morgan fingerprint density at radius 3 is 2.55 bits per heavy atom.